The minimum atomic E-state index is 0.661. The summed E-state index contributed by atoms with van der Waals surface area (Å²) in [5.41, 5.74) is 0. The summed E-state index contributed by atoms with van der Waals surface area (Å²) >= 11 is 0. The lowest BCUT2D eigenvalue weighted by Crippen LogP contribution is -2.47. The maximum absolute atomic E-state index is 4.36. The Kier molecular flexibility index (Phi) is 3.76. The van der Waals surface area contributed by atoms with Crippen molar-refractivity contribution in [2.75, 3.05) is 7.05 Å². The van der Waals surface area contributed by atoms with Crippen LogP contribution < -0.4 is 10.6 Å². The van der Waals surface area contributed by atoms with Crippen LogP contribution in [0.4, 0.5) is 0 Å². The van der Waals surface area contributed by atoms with Crippen molar-refractivity contribution in [3.05, 3.63) is 0 Å². The first kappa shape index (κ1) is 12.3. The fourth-order valence-corrected chi connectivity index (χ4v) is 3.79. The molecule has 18 heavy (non-hydrogen) atoms. The Bertz CT molecular complexity index is 309. The van der Waals surface area contributed by atoms with E-state index >= 15 is 0 Å². The van der Waals surface area contributed by atoms with Gasteiger partial charge in [-0.1, -0.05) is 25.7 Å². The smallest absolute Gasteiger partial charge is 0.191 e. The second-order valence-electron chi connectivity index (χ2n) is 6.45. The molecule has 0 amide bonds. The van der Waals surface area contributed by atoms with Crippen LogP contribution in [0.15, 0.2) is 4.99 Å². The van der Waals surface area contributed by atoms with Crippen LogP contribution in [0.25, 0.3) is 0 Å². The fraction of sp³-hybridized carbons (Fsp3) is 0.933. The summed E-state index contributed by atoms with van der Waals surface area (Å²) in [5.74, 6) is 3.07. The normalized spacial score (nSPS) is 36.9. The van der Waals surface area contributed by atoms with Crippen molar-refractivity contribution in [1.29, 1.82) is 0 Å². The first-order valence-corrected chi connectivity index (χ1v) is 7.85. The molecule has 0 aliphatic heterocycles. The molecule has 3 nitrogen and oxygen atoms in total. The lowest BCUT2D eigenvalue weighted by Gasteiger charge is -2.39. The van der Waals surface area contributed by atoms with Gasteiger partial charge in [0.1, 0.15) is 0 Å². The van der Waals surface area contributed by atoms with Crippen LogP contribution in [0.3, 0.4) is 0 Å². The van der Waals surface area contributed by atoms with Crippen LogP contribution in [0.5, 0.6) is 0 Å². The van der Waals surface area contributed by atoms with E-state index in [4.69, 9.17) is 0 Å². The molecular weight excluding hydrogens is 222 g/mol. The third-order valence-electron chi connectivity index (χ3n) is 5.02. The van der Waals surface area contributed by atoms with Gasteiger partial charge in [-0.25, -0.2) is 0 Å². The van der Waals surface area contributed by atoms with Crippen LogP contribution in [0, 0.1) is 11.8 Å². The zero-order valence-corrected chi connectivity index (χ0v) is 11.6. The van der Waals surface area contributed by atoms with Gasteiger partial charge in [0.2, 0.25) is 0 Å². The molecule has 0 spiro atoms. The number of hydrogen-bond donors (Lipinski definition) is 2. The number of guanidine groups is 1. The highest BCUT2D eigenvalue weighted by atomic mass is 15.2. The van der Waals surface area contributed by atoms with E-state index < -0.39 is 0 Å². The van der Waals surface area contributed by atoms with Crippen LogP contribution in [0.2, 0.25) is 0 Å². The molecule has 3 fully saturated rings. The van der Waals surface area contributed by atoms with Gasteiger partial charge in [0, 0.05) is 19.1 Å². The Labute approximate surface area is 111 Å². The molecule has 3 aliphatic rings. The monoisotopic (exact) mass is 249 g/mol. The Balaban J connectivity index is 1.50. The van der Waals surface area contributed by atoms with Crippen molar-refractivity contribution in [2.24, 2.45) is 16.8 Å². The minimum Gasteiger partial charge on any atom is -0.354 e. The molecule has 3 aliphatic carbocycles. The highest BCUT2D eigenvalue weighted by molar-refractivity contribution is 5.80. The molecule has 3 heteroatoms. The lowest BCUT2D eigenvalue weighted by atomic mass is 9.69. The van der Waals surface area contributed by atoms with Crippen molar-refractivity contribution in [3.8, 4) is 0 Å². The first-order chi connectivity index (χ1) is 8.85. The molecule has 3 rings (SSSR count). The molecule has 2 N–H and O–H groups in total. The summed E-state index contributed by atoms with van der Waals surface area (Å²) in [6.45, 7) is 0. The summed E-state index contributed by atoms with van der Waals surface area (Å²) in [7, 11) is 1.89. The van der Waals surface area contributed by atoms with Crippen molar-refractivity contribution in [2.45, 2.75) is 69.9 Å². The standard InChI is InChI=1S/C15H27N3/c1-16-15(17-13-8-9-13)18-14-7-6-11-4-2-3-5-12(11)10-14/h11-14H,2-10H2,1H3,(H2,16,17,18). The van der Waals surface area contributed by atoms with E-state index in [1.54, 1.807) is 0 Å². The van der Waals surface area contributed by atoms with Gasteiger partial charge in [0.05, 0.1) is 0 Å². The molecule has 0 aromatic rings. The summed E-state index contributed by atoms with van der Waals surface area (Å²) < 4.78 is 0. The topological polar surface area (TPSA) is 36.4 Å². The van der Waals surface area contributed by atoms with Crippen molar-refractivity contribution < 1.29 is 0 Å². The van der Waals surface area contributed by atoms with Gasteiger partial charge >= 0.3 is 0 Å². The number of nitrogens with zero attached hydrogens (tertiary/aromatic N) is 1. The zero-order valence-electron chi connectivity index (χ0n) is 11.6. The number of aliphatic imine (C=N–C) groups is 1. The fourth-order valence-electron chi connectivity index (χ4n) is 3.79. The number of fused-ring (bicyclic) bond motifs is 1. The number of nitrogens with one attached hydrogen (secondary N) is 2. The molecule has 3 unspecified atom stereocenters. The average molecular weight is 249 g/mol. The van der Waals surface area contributed by atoms with Gasteiger partial charge < -0.3 is 10.6 Å². The minimum absolute atomic E-state index is 0.661. The lowest BCUT2D eigenvalue weighted by molar-refractivity contribution is 0.150. The zero-order chi connectivity index (χ0) is 12.4. The second-order valence-corrected chi connectivity index (χ2v) is 6.45. The highest BCUT2D eigenvalue weighted by Gasteiger charge is 2.32. The molecule has 0 aromatic heterocycles. The van der Waals surface area contributed by atoms with Gasteiger partial charge in [-0.2, -0.15) is 0 Å². The van der Waals surface area contributed by atoms with Gasteiger partial charge in [0.25, 0.3) is 0 Å². The van der Waals surface area contributed by atoms with Gasteiger partial charge in [0.15, 0.2) is 5.96 Å². The Morgan fingerprint density at radius 3 is 2.22 bits per heavy atom. The maximum Gasteiger partial charge on any atom is 0.191 e. The summed E-state index contributed by atoms with van der Waals surface area (Å²) in [5, 5.41) is 7.15. The Morgan fingerprint density at radius 1 is 0.833 bits per heavy atom. The number of hydrogen-bond acceptors (Lipinski definition) is 1. The quantitative estimate of drug-likeness (QED) is 0.583. The molecule has 3 atom stereocenters. The van der Waals surface area contributed by atoms with Crippen LogP contribution in [0.1, 0.15) is 57.8 Å². The molecule has 3 saturated carbocycles. The third-order valence-corrected chi connectivity index (χ3v) is 5.02. The summed E-state index contributed by atoms with van der Waals surface area (Å²) in [6.07, 6.45) is 12.7. The van der Waals surface area contributed by atoms with Crippen molar-refractivity contribution in [1.82, 2.24) is 10.6 Å². The highest BCUT2D eigenvalue weighted by Crippen LogP contribution is 2.40. The van der Waals surface area contributed by atoms with Gasteiger partial charge in [-0.3, -0.25) is 4.99 Å². The second kappa shape index (κ2) is 5.50. The molecular formula is C15H27N3. The molecule has 0 saturated heterocycles. The molecule has 102 valence electrons. The Hall–Kier alpha value is -0.730. The van der Waals surface area contributed by atoms with E-state index in [9.17, 15) is 0 Å². The largest absolute Gasteiger partial charge is 0.354 e. The van der Waals surface area contributed by atoms with Crippen molar-refractivity contribution in [3.63, 3.8) is 0 Å². The van der Waals surface area contributed by atoms with Crippen LogP contribution >= 0.6 is 0 Å². The van der Waals surface area contributed by atoms with E-state index in [1.165, 1.54) is 57.8 Å². The predicted octanol–water partition coefficient (Wildman–Crippen LogP) is 2.67. The van der Waals surface area contributed by atoms with E-state index in [0.29, 0.717) is 12.1 Å². The summed E-state index contributed by atoms with van der Waals surface area (Å²) in [6, 6.07) is 1.36. The van der Waals surface area contributed by atoms with Crippen LogP contribution in [-0.2, 0) is 0 Å². The van der Waals surface area contributed by atoms with E-state index in [-0.39, 0.29) is 0 Å². The molecule has 0 aromatic carbocycles. The first-order valence-electron chi connectivity index (χ1n) is 7.85. The van der Waals surface area contributed by atoms with E-state index in [2.05, 4.69) is 15.6 Å². The van der Waals surface area contributed by atoms with E-state index in [1.807, 2.05) is 7.05 Å². The molecule has 0 radical (unpaired) electrons. The summed E-state index contributed by atoms with van der Waals surface area (Å²) in [4.78, 5) is 4.36. The van der Waals surface area contributed by atoms with E-state index in [0.717, 1.165) is 17.8 Å². The Morgan fingerprint density at radius 2 is 1.50 bits per heavy atom. The van der Waals surface area contributed by atoms with Gasteiger partial charge in [-0.05, 0) is 43.9 Å². The maximum atomic E-state index is 4.36. The van der Waals surface area contributed by atoms with Crippen LogP contribution in [-0.4, -0.2) is 25.1 Å². The average Bonchev–Trinajstić information content (AvgIpc) is 3.22. The van der Waals surface area contributed by atoms with Crippen molar-refractivity contribution >= 4 is 5.96 Å². The third kappa shape index (κ3) is 2.99. The molecule has 0 heterocycles. The number of rotatable bonds is 2. The SMILES string of the molecule is CN=C(NC1CC1)NC1CCC2CCCCC2C1. The predicted molar refractivity (Wildman–Crippen MR) is 75.7 cm³/mol. The molecule has 0 bridgehead atoms. The van der Waals surface area contributed by atoms with Gasteiger partial charge in [-0.15, -0.1) is 0 Å².